The number of aliphatic hydroxyl groups excluding tert-OH is 2. The molecule has 322 valence electrons. The number of carbonyl (C=O) groups excluding carboxylic acids is 1. The van der Waals surface area contributed by atoms with Crippen LogP contribution in [0.2, 0.25) is 0 Å². The molecular weight excluding hydrogens is 761 g/mol. The molecule has 1 heterocycles. The summed E-state index contributed by atoms with van der Waals surface area (Å²) in [5, 5.41) is 22.8. The summed E-state index contributed by atoms with van der Waals surface area (Å²) in [5.74, 6) is 1.69. The van der Waals surface area contributed by atoms with Gasteiger partial charge in [-0.2, -0.15) is 0 Å². The number of rotatable bonds is 13. The number of aryl methyl sites for hydroxylation is 1. The lowest BCUT2D eigenvalue weighted by Gasteiger charge is -2.39. The highest BCUT2D eigenvalue weighted by Crippen LogP contribution is 2.50. The van der Waals surface area contributed by atoms with Gasteiger partial charge in [-0.15, -0.1) is 0 Å². The van der Waals surface area contributed by atoms with Crippen molar-refractivity contribution in [1.82, 2.24) is 0 Å². The van der Waals surface area contributed by atoms with Gasteiger partial charge in [0.05, 0.1) is 44.2 Å². The highest BCUT2D eigenvalue weighted by atomic mass is 32.2. The van der Waals surface area contributed by atoms with Crippen LogP contribution in [-0.4, -0.2) is 64.2 Å². The van der Waals surface area contributed by atoms with Crippen LogP contribution in [-0.2, 0) is 16.3 Å². The van der Waals surface area contributed by atoms with Gasteiger partial charge in [0.2, 0.25) is 0 Å². The molecule has 0 amide bonds. The molecule has 1 aliphatic carbocycles. The number of fused-ring (bicyclic) bond motifs is 2. The van der Waals surface area contributed by atoms with Gasteiger partial charge >= 0.3 is 0 Å². The fraction of sp³-hybridized carbons (Fsp3) is 0.500. The van der Waals surface area contributed by atoms with E-state index in [0.717, 1.165) is 56.1 Å². The zero-order chi connectivity index (χ0) is 43.2. The van der Waals surface area contributed by atoms with E-state index in [-0.39, 0.29) is 28.1 Å². The number of hydrogen-bond acceptors (Lipinski definition) is 8. The number of para-hydroxylation sites is 1. The fourth-order valence-electron chi connectivity index (χ4n) is 9.17. The lowest BCUT2D eigenvalue weighted by Crippen LogP contribution is -2.42. The maximum Gasteiger partial charge on any atom is 0.179 e. The summed E-state index contributed by atoms with van der Waals surface area (Å²) >= 11 is 0. The van der Waals surface area contributed by atoms with Crippen LogP contribution in [0.3, 0.4) is 0 Å². The van der Waals surface area contributed by atoms with E-state index in [1.165, 1.54) is 24.0 Å². The van der Waals surface area contributed by atoms with Gasteiger partial charge in [-0.25, -0.2) is 8.42 Å². The second-order valence-corrected chi connectivity index (χ2v) is 18.3. The first-order valence-electron chi connectivity index (χ1n) is 21.4. The third kappa shape index (κ3) is 11.2. The highest BCUT2D eigenvalue weighted by molar-refractivity contribution is 7.91. The van der Waals surface area contributed by atoms with Crippen LogP contribution < -0.4 is 14.2 Å². The number of methoxy groups -OCH3 is 3. The number of benzene rings is 4. The molecule has 1 aliphatic heterocycles. The molecule has 4 aromatic rings. The van der Waals surface area contributed by atoms with Gasteiger partial charge in [0.15, 0.2) is 9.84 Å². The van der Waals surface area contributed by atoms with Crippen molar-refractivity contribution < 1.29 is 37.6 Å². The number of ether oxygens (including phenoxy) is 3. The molecule has 0 bridgehead atoms. The van der Waals surface area contributed by atoms with Gasteiger partial charge in [0.25, 0.3) is 0 Å². The third-order valence-corrected chi connectivity index (χ3v) is 15.0. The van der Waals surface area contributed by atoms with Crippen molar-refractivity contribution in [2.24, 2.45) is 10.8 Å². The van der Waals surface area contributed by atoms with E-state index in [9.17, 15) is 23.4 Å². The first kappa shape index (κ1) is 47.5. The Kier molecular flexibility index (Phi) is 17.6. The van der Waals surface area contributed by atoms with Gasteiger partial charge in [-0.1, -0.05) is 103 Å². The fourth-order valence-corrected chi connectivity index (χ4v) is 11.4. The Morgan fingerprint density at radius 1 is 0.695 bits per heavy atom. The van der Waals surface area contributed by atoms with Gasteiger partial charge in [-0.3, -0.25) is 4.79 Å². The van der Waals surface area contributed by atoms with Crippen molar-refractivity contribution in [3.05, 3.63) is 119 Å². The predicted octanol–water partition coefficient (Wildman–Crippen LogP) is 10.8. The van der Waals surface area contributed by atoms with Crippen molar-refractivity contribution in [3.8, 4) is 17.2 Å². The van der Waals surface area contributed by atoms with Crippen molar-refractivity contribution in [1.29, 1.82) is 0 Å². The van der Waals surface area contributed by atoms with Crippen LogP contribution in [0.1, 0.15) is 137 Å². The van der Waals surface area contributed by atoms with E-state index in [4.69, 9.17) is 14.2 Å². The lowest BCUT2D eigenvalue weighted by molar-refractivity contribution is -0.00586. The molecule has 0 spiro atoms. The molecule has 0 saturated carbocycles. The molecule has 0 aromatic heterocycles. The van der Waals surface area contributed by atoms with Crippen LogP contribution in [0.25, 0.3) is 0 Å². The Labute approximate surface area is 354 Å². The minimum Gasteiger partial charge on any atom is -0.497 e. The lowest BCUT2D eigenvalue weighted by atomic mass is 9.69. The van der Waals surface area contributed by atoms with E-state index in [1.807, 2.05) is 73.7 Å². The average molecular weight is 829 g/mol. The molecule has 8 nitrogen and oxygen atoms in total. The SMILES string of the molecule is CCCC[C@]1(CC)CCc2ccc(C=O)cc2[C@@H](C)[C@H]1O.CCCC[C@]1(CC)CS(=O)(=O)c2ccc(OC)cc2[C@H](c2cccc(OC)c2)[C@@H]1O.COc1ccccc1. The second kappa shape index (κ2) is 21.9. The van der Waals surface area contributed by atoms with E-state index in [2.05, 4.69) is 33.8 Å². The molecular formula is C50H68O8S. The Morgan fingerprint density at radius 2 is 1.31 bits per heavy atom. The Morgan fingerprint density at radius 3 is 1.88 bits per heavy atom. The van der Waals surface area contributed by atoms with Gasteiger partial charge in [0.1, 0.15) is 23.5 Å². The van der Waals surface area contributed by atoms with Gasteiger partial charge in [-0.05, 0) is 115 Å². The average Bonchev–Trinajstić information content (AvgIpc) is 3.42. The minimum atomic E-state index is -3.59. The number of aldehydes is 1. The molecule has 0 radical (unpaired) electrons. The summed E-state index contributed by atoms with van der Waals surface area (Å²) in [6.07, 6.45) is 9.28. The van der Waals surface area contributed by atoms with Crippen molar-refractivity contribution in [2.45, 2.75) is 128 Å². The summed E-state index contributed by atoms with van der Waals surface area (Å²) in [6, 6.07) is 28.2. The highest BCUT2D eigenvalue weighted by Gasteiger charge is 2.49. The molecule has 6 atom stereocenters. The minimum absolute atomic E-state index is 0.0236. The molecule has 59 heavy (non-hydrogen) atoms. The number of unbranched alkanes of at least 4 members (excludes halogenated alkanes) is 2. The van der Waals surface area contributed by atoms with E-state index in [1.54, 1.807) is 39.5 Å². The summed E-state index contributed by atoms with van der Waals surface area (Å²) in [5.41, 5.74) is 3.90. The smallest absolute Gasteiger partial charge is 0.179 e. The van der Waals surface area contributed by atoms with Crippen molar-refractivity contribution in [2.75, 3.05) is 27.1 Å². The molecule has 6 rings (SSSR count). The van der Waals surface area contributed by atoms with E-state index >= 15 is 0 Å². The predicted molar refractivity (Wildman–Crippen MR) is 238 cm³/mol. The third-order valence-electron chi connectivity index (χ3n) is 13.0. The first-order valence-corrected chi connectivity index (χ1v) is 23.1. The zero-order valence-electron chi connectivity index (χ0n) is 36.6. The van der Waals surface area contributed by atoms with E-state index < -0.39 is 27.3 Å². The first-order chi connectivity index (χ1) is 28.3. The normalized spacial score (nSPS) is 24.2. The Balaban J connectivity index is 0.000000228. The quantitative estimate of drug-likeness (QED) is 0.101. The topological polar surface area (TPSA) is 119 Å². The maximum atomic E-state index is 13.5. The van der Waals surface area contributed by atoms with Crippen molar-refractivity contribution in [3.63, 3.8) is 0 Å². The molecule has 9 heteroatoms. The molecule has 2 aliphatic rings. The number of hydrogen-bond donors (Lipinski definition) is 2. The standard InChI is InChI=1S/C24H32O5S.C19H28O2.C7H8O/c1-5-7-13-24(6-2)16-30(26,27)21-12-11-19(29-4)15-20(21)22(23(24)25)17-9-8-10-18(14-17)28-3;1-4-6-10-19(5-2)11-9-16-8-7-15(13-20)12-17(16)14(3)18(19)21;1-8-7-5-3-2-4-6-7/h8-12,14-15,22-23,25H,5-7,13,16H2,1-4H3;7-8,12-14,18,21H,4-6,9-11H2,1-3H3;2-6H,1H3/t22-,23-,24+;14-,18-,19-;/m01./s1. The Hall–Kier alpha value is -4.18. The second-order valence-electron chi connectivity index (χ2n) is 16.3. The zero-order valence-corrected chi connectivity index (χ0v) is 37.4. The maximum absolute atomic E-state index is 13.5. The molecule has 4 aromatic carbocycles. The summed E-state index contributed by atoms with van der Waals surface area (Å²) < 4.78 is 42.7. The van der Waals surface area contributed by atoms with Crippen LogP contribution in [0.15, 0.2) is 95.9 Å². The van der Waals surface area contributed by atoms with Gasteiger partial charge in [0, 0.05) is 22.8 Å². The van der Waals surface area contributed by atoms with Crippen LogP contribution in [0.4, 0.5) is 0 Å². The number of sulfone groups is 1. The van der Waals surface area contributed by atoms with Crippen LogP contribution >= 0.6 is 0 Å². The Bertz CT molecular complexity index is 2030. The molecule has 0 unspecified atom stereocenters. The molecule has 0 saturated heterocycles. The summed E-state index contributed by atoms with van der Waals surface area (Å²) in [6.45, 7) is 10.6. The largest absolute Gasteiger partial charge is 0.497 e. The monoisotopic (exact) mass is 828 g/mol. The van der Waals surface area contributed by atoms with Crippen LogP contribution in [0.5, 0.6) is 17.2 Å². The molecule has 2 N–H and O–H groups in total. The summed E-state index contributed by atoms with van der Waals surface area (Å²) in [7, 11) is 1.23. The summed E-state index contributed by atoms with van der Waals surface area (Å²) in [4.78, 5) is 11.3. The van der Waals surface area contributed by atoms with E-state index in [0.29, 0.717) is 35.5 Å². The molecule has 0 fully saturated rings. The van der Waals surface area contributed by atoms with Crippen LogP contribution in [0, 0.1) is 10.8 Å². The number of carbonyl (C=O) groups is 1. The van der Waals surface area contributed by atoms with Crippen molar-refractivity contribution >= 4 is 16.1 Å². The van der Waals surface area contributed by atoms with Gasteiger partial charge < -0.3 is 24.4 Å². The number of aliphatic hydroxyl groups is 2.